The minimum Gasteiger partial charge on any atom is -0.369 e. The lowest BCUT2D eigenvalue weighted by Gasteiger charge is -2.31. The van der Waals surface area contributed by atoms with Crippen LogP contribution in [0.1, 0.15) is 44.9 Å². The highest BCUT2D eigenvalue weighted by molar-refractivity contribution is 6.08. The fourth-order valence-corrected chi connectivity index (χ4v) is 4.11. The summed E-state index contributed by atoms with van der Waals surface area (Å²) < 4.78 is 0. The average Bonchev–Trinajstić information content (AvgIpc) is 3.08. The maximum atomic E-state index is 12.6. The molecule has 7 heteroatoms. The van der Waals surface area contributed by atoms with Crippen molar-refractivity contribution < 1.29 is 19.2 Å². The molecule has 0 aromatic carbocycles. The van der Waals surface area contributed by atoms with Gasteiger partial charge in [-0.25, -0.2) is 0 Å². The van der Waals surface area contributed by atoms with Crippen molar-refractivity contribution in [3.63, 3.8) is 0 Å². The topological polar surface area (TPSA) is 101 Å². The number of hydrogen-bond donors (Lipinski definition) is 1. The number of nitrogens with two attached hydrogens (primary N) is 1. The third kappa shape index (κ3) is 2.84. The van der Waals surface area contributed by atoms with E-state index in [2.05, 4.69) is 0 Å². The zero-order valence-electron chi connectivity index (χ0n) is 13.3. The number of carbonyl (C=O) groups is 4. The van der Waals surface area contributed by atoms with Crippen LogP contribution in [0.2, 0.25) is 0 Å². The van der Waals surface area contributed by atoms with Crippen LogP contribution in [0.5, 0.6) is 0 Å². The summed E-state index contributed by atoms with van der Waals surface area (Å²) in [5.74, 6) is -1.12. The predicted octanol–water partition coefficient (Wildman–Crippen LogP) is 0.0296. The van der Waals surface area contributed by atoms with Crippen LogP contribution in [0.4, 0.5) is 0 Å². The summed E-state index contributed by atoms with van der Waals surface area (Å²) in [6, 6.07) is 0. The second kappa shape index (κ2) is 5.94. The molecule has 3 rings (SSSR count). The van der Waals surface area contributed by atoms with E-state index < -0.39 is 5.41 Å². The van der Waals surface area contributed by atoms with Crippen molar-refractivity contribution in [3.05, 3.63) is 0 Å². The molecular formula is C16H23N3O4. The molecule has 2 N–H and O–H groups in total. The summed E-state index contributed by atoms with van der Waals surface area (Å²) in [5.41, 5.74) is 4.75. The van der Waals surface area contributed by atoms with Gasteiger partial charge in [0.1, 0.15) is 6.54 Å². The van der Waals surface area contributed by atoms with E-state index in [1.54, 1.807) is 4.90 Å². The molecule has 0 radical (unpaired) electrons. The number of piperidine rings is 1. The molecule has 2 saturated heterocycles. The van der Waals surface area contributed by atoms with Crippen molar-refractivity contribution in [1.82, 2.24) is 9.80 Å². The first kappa shape index (κ1) is 16.0. The molecule has 0 unspecified atom stereocenters. The maximum absolute atomic E-state index is 12.6. The van der Waals surface area contributed by atoms with Gasteiger partial charge in [-0.15, -0.1) is 0 Å². The first-order valence-electron chi connectivity index (χ1n) is 8.35. The Morgan fingerprint density at radius 2 is 1.74 bits per heavy atom. The lowest BCUT2D eigenvalue weighted by molar-refractivity contribution is -0.148. The Morgan fingerprint density at radius 3 is 2.30 bits per heavy atom. The molecule has 4 amide bonds. The molecule has 23 heavy (non-hydrogen) atoms. The number of primary amides is 1. The van der Waals surface area contributed by atoms with Crippen LogP contribution in [-0.2, 0) is 19.2 Å². The molecular weight excluding hydrogens is 298 g/mol. The van der Waals surface area contributed by atoms with E-state index in [4.69, 9.17) is 5.73 Å². The van der Waals surface area contributed by atoms with Crippen molar-refractivity contribution in [1.29, 1.82) is 0 Å². The van der Waals surface area contributed by atoms with Gasteiger partial charge in [0.25, 0.3) is 0 Å². The van der Waals surface area contributed by atoms with Gasteiger partial charge in [0, 0.05) is 25.4 Å². The first-order valence-corrected chi connectivity index (χ1v) is 8.35. The molecule has 126 valence electrons. The fraction of sp³-hybridized carbons (Fsp3) is 0.750. The number of hydrogen-bond acceptors (Lipinski definition) is 4. The lowest BCUT2D eigenvalue weighted by Crippen LogP contribution is -2.47. The highest BCUT2D eigenvalue weighted by Crippen LogP contribution is 2.46. The summed E-state index contributed by atoms with van der Waals surface area (Å²) in [5, 5.41) is 0. The van der Waals surface area contributed by atoms with E-state index in [9.17, 15) is 19.2 Å². The quantitative estimate of drug-likeness (QED) is 0.741. The SMILES string of the molecule is NC(=O)C1CCN(C(=O)CN2C(=O)CC3(CCCC3)C2=O)CC1. The van der Waals surface area contributed by atoms with Gasteiger partial charge in [0.05, 0.1) is 5.41 Å². The molecule has 1 spiro atoms. The van der Waals surface area contributed by atoms with E-state index in [1.807, 2.05) is 0 Å². The largest absolute Gasteiger partial charge is 0.369 e. The predicted molar refractivity (Wildman–Crippen MR) is 80.7 cm³/mol. The molecule has 0 atom stereocenters. The number of carbonyl (C=O) groups excluding carboxylic acids is 4. The van der Waals surface area contributed by atoms with Crippen molar-refractivity contribution in [2.45, 2.75) is 44.9 Å². The van der Waals surface area contributed by atoms with Gasteiger partial charge in [-0.2, -0.15) is 0 Å². The average molecular weight is 321 g/mol. The third-order valence-corrected chi connectivity index (χ3v) is 5.59. The second-order valence-corrected chi connectivity index (χ2v) is 7.01. The Labute approximate surface area is 135 Å². The molecule has 3 aliphatic rings. The first-order chi connectivity index (χ1) is 10.9. The Bertz CT molecular complexity index is 546. The molecule has 0 aromatic heterocycles. The van der Waals surface area contributed by atoms with Crippen molar-refractivity contribution in [2.75, 3.05) is 19.6 Å². The Kier molecular flexibility index (Phi) is 4.12. The van der Waals surface area contributed by atoms with Crippen LogP contribution < -0.4 is 5.73 Å². The van der Waals surface area contributed by atoms with Gasteiger partial charge in [0.2, 0.25) is 23.6 Å². The van der Waals surface area contributed by atoms with Gasteiger partial charge < -0.3 is 10.6 Å². The summed E-state index contributed by atoms with van der Waals surface area (Å²) in [6.45, 7) is 0.738. The number of nitrogens with zero attached hydrogens (tertiary/aromatic N) is 2. The zero-order valence-corrected chi connectivity index (χ0v) is 13.3. The molecule has 1 aliphatic carbocycles. The molecule has 3 fully saturated rings. The van der Waals surface area contributed by atoms with Gasteiger partial charge in [0.15, 0.2) is 0 Å². The molecule has 2 aliphatic heterocycles. The van der Waals surface area contributed by atoms with Crippen LogP contribution in [0.3, 0.4) is 0 Å². The third-order valence-electron chi connectivity index (χ3n) is 5.59. The van der Waals surface area contributed by atoms with Crippen LogP contribution in [0, 0.1) is 11.3 Å². The molecule has 1 saturated carbocycles. The van der Waals surface area contributed by atoms with E-state index >= 15 is 0 Å². The van der Waals surface area contributed by atoms with Gasteiger partial charge in [-0.05, 0) is 25.7 Å². The van der Waals surface area contributed by atoms with E-state index in [0.29, 0.717) is 25.9 Å². The highest BCUT2D eigenvalue weighted by Gasteiger charge is 2.53. The summed E-state index contributed by atoms with van der Waals surface area (Å²) >= 11 is 0. The number of rotatable bonds is 3. The second-order valence-electron chi connectivity index (χ2n) is 7.01. The fourth-order valence-electron chi connectivity index (χ4n) is 4.11. The lowest BCUT2D eigenvalue weighted by atomic mass is 9.84. The normalized spacial score (nSPS) is 24.7. The van der Waals surface area contributed by atoms with E-state index in [0.717, 1.165) is 30.6 Å². The molecule has 0 bridgehead atoms. The van der Waals surface area contributed by atoms with Crippen molar-refractivity contribution in [2.24, 2.45) is 17.1 Å². The zero-order chi connectivity index (χ0) is 16.6. The summed E-state index contributed by atoms with van der Waals surface area (Å²) in [6.07, 6.45) is 4.81. The van der Waals surface area contributed by atoms with Crippen LogP contribution in [-0.4, -0.2) is 53.1 Å². The molecule has 0 aromatic rings. The Hall–Kier alpha value is -1.92. The number of amides is 4. The Balaban J connectivity index is 1.59. The Morgan fingerprint density at radius 1 is 1.13 bits per heavy atom. The van der Waals surface area contributed by atoms with Gasteiger partial charge >= 0.3 is 0 Å². The molecule has 7 nitrogen and oxygen atoms in total. The van der Waals surface area contributed by atoms with Gasteiger partial charge in [-0.1, -0.05) is 12.8 Å². The van der Waals surface area contributed by atoms with E-state index in [-0.39, 0.29) is 42.5 Å². The number of imide groups is 1. The van der Waals surface area contributed by atoms with Crippen LogP contribution in [0.25, 0.3) is 0 Å². The monoisotopic (exact) mass is 321 g/mol. The summed E-state index contributed by atoms with van der Waals surface area (Å²) in [7, 11) is 0. The van der Waals surface area contributed by atoms with Crippen LogP contribution in [0.15, 0.2) is 0 Å². The highest BCUT2D eigenvalue weighted by atomic mass is 16.2. The van der Waals surface area contributed by atoms with E-state index in [1.165, 1.54) is 0 Å². The van der Waals surface area contributed by atoms with Crippen LogP contribution >= 0.6 is 0 Å². The maximum Gasteiger partial charge on any atom is 0.242 e. The smallest absolute Gasteiger partial charge is 0.242 e. The standard InChI is InChI=1S/C16H23N3O4/c17-14(22)11-3-7-18(8-4-11)13(21)10-19-12(20)9-16(15(19)23)5-1-2-6-16/h11H,1-10H2,(H2,17,22). The van der Waals surface area contributed by atoms with Crippen molar-refractivity contribution in [3.8, 4) is 0 Å². The molecule has 2 heterocycles. The summed E-state index contributed by atoms with van der Waals surface area (Å²) in [4.78, 5) is 51.1. The number of likely N-dealkylation sites (tertiary alicyclic amines) is 2. The van der Waals surface area contributed by atoms with Gasteiger partial charge in [-0.3, -0.25) is 24.1 Å². The minimum absolute atomic E-state index is 0.166. The van der Waals surface area contributed by atoms with Crippen molar-refractivity contribution >= 4 is 23.6 Å². The minimum atomic E-state index is -0.531.